The van der Waals surface area contributed by atoms with Crippen molar-refractivity contribution in [1.82, 2.24) is 14.9 Å². The first kappa shape index (κ1) is 23.4. The molecule has 0 bridgehead atoms. The van der Waals surface area contributed by atoms with Crippen molar-refractivity contribution >= 4 is 40.6 Å². The molecule has 5 rings (SSSR count). The van der Waals surface area contributed by atoms with Crippen LogP contribution in [0.5, 0.6) is 0 Å². The zero-order valence-corrected chi connectivity index (χ0v) is 19.7. The Bertz CT molecular complexity index is 1290. The van der Waals surface area contributed by atoms with Crippen LogP contribution in [-0.4, -0.2) is 57.0 Å². The minimum atomic E-state index is -1.08. The number of carbonyl (C=O) groups excluding carboxylic acids is 1. The highest BCUT2D eigenvalue weighted by Gasteiger charge is 2.71. The van der Waals surface area contributed by atoms with Crippen molar-refractivity contribution in [3.05, 3.63) is 64.6 Å². The number of hydrogen-bond donors (Lipinski definition) is 1. The number of thioether (sulfide) groups is 1. The van der Waals surface area contributed by atoms with Crippen molar-refractivity contribution in [2.45, 2.75) is 23.6 Å². The molecule has 1 saturated heterocycles. The highest BCUT2D eigenvalue weighted by atomic mass is 32.2. The fraction of sp³-hybridized carbons (Fsp3) is 0.375. The summed E-state index contributed by atoms with van der Waals surface area (Å²) >= 11 is 1.25. The largest absolute Gasteiger partial charge is 0.378 e. The first-order chi connectivity index (χ1) is 16.8. The van der Waals surface area contributed by atoms with E-state index >= 15 is 4.39 Å². The van der Waals surface area contributed by atoms with Crippen molar-refractivity contribution < 1.29 is 18.3 Å². The van der Waals surface area contributed by atoms with E-state index in [9.17, 15) is 9.18 Å². The molecule has 180 valence electrons. The average molecular weight is 497 g/mol. The normalized spacial score (nSPS) is 28.1. The van der Waals surface area contributed by atoms with E-state index in [0.29, 0.717) is 38.3 Å². The van der Waals surface area contributed by atoms with Crippen LogP contribution in [0, 0.1) is 18.3 Å². The minimum absolute atomic E-state index is 0.0242. The number of rotatable bonds is 4. The van der Waals surface area contributed by atoms with Gasteiger partial charge in [-0.1, -0.05) is 24.4 Å². The monoisotopic (exact) mass is 496 g/mol. The maximum atomic E-state index is 15.1. The number of nitrogens with zero attached hydrogens (tertiary/aromatic N) is 5. The number of halogens is 2. The second-order valence-electron chi connectivity index (χ2n) is 8.85. The van der Waals surface area contributed by atoms with Crippen LogP contribution in [0.4, 0.5) is 14.6 Å². The Balaban J connectivity index is 1.47. The zero-order valence-electron chi connectivity index (χ0n) is 18.9. The highest BCUT2D eigenvalue weighted by molar-refractivity contribution is 8.15. The second-order valence-corrected chi connectivity index (χ2v) is 10.2. The van der Waals surface area contributed by atoms with Crippen LogP contribution >= 0.6 is 11.8 Å². The quantitative estimate of drug-likeness (QED) is 0.651. The number of amidine groups is 1. The average Bonchev–Trinajstić information content (AvgIpc) is 3.62. The number of morpholine rings is 1. The summed E-state index contributed by atoms with van der Waals surface area (Å²) in [5.74, 6) is -1.41. The lowest BCUT2D eigenvalue weighted by atomic mass is 9.84. The molecule has 11 heteroatoms. The van der Waals surface area contributed by atoms with Gasteiger partial charge in [-0.25, -0.2) is 8.78 Å². The van der Waals surface area contributed by atoms with E-state index in [0.717, 1.165) is 0 Å². The number of benzene rings is 1. The van der Waals surface area contributed by atoms with E-state index in [1.165, 1.54) is 48.4 Å². The summed E-state index contributed by atoms with van der Waals surface area (Å²) in [6, 6.07) is 4.24. The van der Waals surface area contributed by atoms with Crippen molar-refractivity contribution in [3.8, 4) is 0 Å². The van der Waals surface area contributed by atoms with Gasteiger partial charge in [-0.3, -0.25) is 14.8 Å². The fourth-order valence-corrected chi connectivity index (χ4v) is 6.28. The Hall–Kier alpha value is -3.36. The molecule has 0 unspecified atom stereocenters. The summed E-state index contributed by atoms with van der Waals surface area (Å²) < 4.78 is 34.5. The lowest BCUT2D eigenvalue weighted by Gasteiger charge is -2.36. The molecule has 1 amide bonds. The Morgan fingerprint density at radius 3 is 2.80 bits per heavy atom. The van der Waals surface area contributed by atoms with E-state index in [2.05, 4.69) is 19.8 Å². The molecule has 2 aliphatic heterocycles. The van der Waals surface area contributed by atoms with Gasteiger partial charge in [0.25, 0.3) is 5.82 Å². The van der Waals surface area contributed by atoms with Crippen molar-refractivity contribution in [1.29, 1.82) is 0 Å². The predicted octanol–water partition coefficient (Wildman–Crippen LogP) is 3.53. The first-order valence-electron chi connectivity index (χ1n) is 11.1. The third kappa shape index (κ3) is 4.06. The predicted molar refractivity (Wildman–Crippen MR) is 128 cm³/mol. The zero-order chi connectivity index (χ0) is 24.8. The number of carbonyl (C=O) groups is 1. The molecule has 0 radical (unpaired) electrons. The molecular weight excluding hydrogens is 474 g/mol. The Kier molecular flexibility index (Phi) is 5.81. The molecule has 2 N–H and O–H groups in total. The van der Waals surface area contributed by atoms with Gasteiger partial charge in [-0.2, -0.15) is 0 Å². The van der Waals surface area contributed by atoms with Gasteiger partial charge in [-0.05, 0) is 37.1 Å². The molecule has 1 aromatic heterocycles. The summed E-state index contributed by atoms with van der Waals surface area (Å²) in [5.41, 5.74) is 5.70. The number of aromatic nitrogens is 2. The Labute approximate surface area is 205 Å². The number of aliphatic imine (C=N–C) groups is 1. The molecule has 3 atom stereocenters. The van der Waals surface area contributed by atoms with Gasteiger partial charge in [0.1, 0.15) is 22.5 Å². The van der Waals surface area contributed by atoms with Crippen LogP contribution in [0.25, 0.3) is 16.7 Å². The van der Waals surface area contributed by atoms with Crippen molar-refractivity contribution in [3.63, 3.8) is 0 Å². The number of ether oxygens (including phenoxy) is 1. The standard InChI is InChI=1S/C24H22F2N6O2S/c1-23(19-11-24(19,35-22(27)31-23)21(33)32-5-7-34-8-6-32)15-9-14(3-4-16(15)25)10-17(26)18-12-30-20(28-2)13-29-18/h3-4,9-10,12-13,19H,5-8,11H2,1H3,(H2,27,31)/b17-10-/t19-,23+,24-/m0/s1. The Morgan fingerprint density at radius 2 is 2.11 bits per heavy atom. The third-order valence-electron chi connectivity index (χ3n) is 6.70. The van der Waals surface area contributed by atoms with Gasteiger partial charge >= 0.3 is 0 Å². The maximum absolute atomic E-state index is 15.1. The number of hydrogen-bond acceptors (Lipinski definition) is 7. The molecular formula is C24H22F2N6O2S. The molecule has 8 nitrogen and oxygen atoms in total. The summed E-state index contributed by atoms with van der Waals surface area (Å²) in [5, 5.41) is 0.226. The topological polar surface area (TPSA) is 98.1 Å². The Morgan fingerprint density at radius 1 is 1.34 bits per heavy atom. The molecule has 3 aliphatic rings. The van der Waals surface area contributed by atoms with Gasteiger partial charge < -0.3 is 20.2 Å². The maximum Gasteiger partial charge on any atom is 0.287 e. The SMILES string of the molecule is [C-]#[N+]c1cnc(/C(F)=C/c2ccc(F)c([C@@]3(C)N=C(N)S[C@@]4(C(=O)N5CCOCC5)C[C@H]43)c2)cn1. The summed E-state index contributed by atoms with van der Waals surface area (Å²) in [6.07, 6.45) is 4.09. The van der Waals surface area contributed by atoms with E-state index < -0.39 is 21.9 Å². The summed E-state index contributed by atoms with van der Waals surface area (Å²) in [6.45, 7) is 10.7. The molecule has 1 aromatic carbocycles. The van der Waals surface area contributed by atoms with E-state index in [1.54, 1.807) is 11.8 Å². The molecule has 1 aliphatic carbocycles. The third-order valence-corrected chi connectivity index (χ3v) is 8.00. The lowest BCUT2D eigenvalue weighted by molar-refractivity contribution is -0.135. The smallest absolute Gasteiger partial charge is 0.287 e. The molecule has 35 heavy (non-hydrogen) atoms. The van der Waals surface area contributed by atoms with Gasteiger partial charge in [0.15, 0.2) is 11.0 Å². The van der Waals surface area contributed by atoms with E-state index in [1.807, 2.05) is 0 Å². The van der Waals surface area contributed by atoms with Gasteiger partial charge in [0, 0.05) is 24.6 Å². The second kappa shape index (κ2) is 8.70. The van der Waals surface area contributed by atoms with Crippen molar-refractivity contribution in [2.75, 3.05) is 26.3 Å². The molecule has 1 saturated carbocycles. The van der Waals surface area contributed by atoms with Crippen LogP contribution in [0.1, 0.15) is 30.2 Å². The fourth-order valence-electron chi connectivity index (χ4n) is 4.83. The molecule has 2 aromatic rings. The van der Waals surface area contributed by atoms with Gasteiger partial charge in [0.2, 0.25) is 5.91 Å². The summed E-state index contributed by atoms with van der Waals surface area (Å²) in [4.78, 5) is 30.7. The van der Waals surface area contributed by atoms with Crippen LogP contribution < -0.4 is 5.73 Å². The number of amides is 1. The van der Waals surface area contributed by atoms with E-state index in [4.69, 9.17) is 17.0 Å². The summed E-state index contributed by atoms with van der Waals surface area (Å²) in [7, 11) is 0. The van der Waals surface area contributed by atoms with Gasteiger partial charge in [0.05, 0.1) is 24.9 Å². The van der Waals surface area contributed by atoms with Crippen LogP contribution in [-0.2, 0) is 15.1 Å². The van der Waals surface area contributed by atoms with Crippen LogP contribution in [0.3, 0.4) is 0 Å². The molecule has 2 fully saturated rings. The minimum Gasteiger partial charge on any atom is -0.378 e. The van der Waals surface area contributed by atoms with E-state index in [-0.39, 0.29) is 34.1 Å². The van der Waals surface area contributed by atoms with Crippen LogP contribution in [0.15, 0.2) is 35.6 Å². The lowest BCUT2D eigenvalue weighted by Crippen LogP contribution is -2.49. The highest BCUT2D eigenvalue weighted by Crippen LogP contribution is 2.66. The van der Waals surface area contributed by atoms with Crippen molar-refractivity contribution in [2.24, 2.45) is 16.6 Å². The molecule has 0 spiro atoms. The van der Waals surface area contributed by atoms with Gasteiger partial charge in [-0.15, -0.1) is 4.98 Å². The number of nitrogens with two attached hydrogens (primary N) is 1. The molecule has 3 heterocycles. The number of fused-ring (bicyclic) bond motifs is 1. The van der Waals surface area contributed by atoms with Crippen LogP contribution in [0.2, 0.25) is 0 Å². The first-order valence-corrected chi connectivity index (χ1v) is 11.9.